The molecule has 1 aromatic heterocycles. The molecule has 14 heavy (non-hydrogen) atoms. The molecule has 2 heterocycles. The second kappa shape index (κ2) is 6.24. The highest BCUT2D eigenvalue weighted by atomic mass is 35.5. The lowest BCUT2D eigenvalue weighted by molar-refractivity contribution is 0.0925. The number of nitrogens with two attached hydrogens (primary N) is 1. The molecule has 1 aliphatic heterocycles. The van der Waals surface area contributed by atoms with E-state index in [-0.39, 0.29) is 30.9 Å². The maximum Gasteiger partial charge on any atom is 0.0896 e. The van der Waals surface area contributed by atoms with Crippen molar-refractivity contribution in [2.24, 2.45) is 11.7 Å². The largest absolute Gasteiger partial charge is 0.373 e. The molecule has 0 saturated carbocycles. The van der Waals surface area contributed by atoms with Crippen LogP contribution in [-0.4, -0.2) is 23.3 Å². The van der Waals surface area contributed by atoms with E-state index in [9.17, 15) is 0 Å². The van der Waals surface area contributed by atoms with E-state index in [2.05, 4.69) is 10.2 Å². The second-order valence-electron chi connectivity index (χ2n) is 3.11. The average Bonchev–Trinajstić information content (AvgIpc) is 2.74. The van der Waals surface area contributed by atoms with Crippen molar-refractivity contribution in [3.63, 3.8) is 0 Å². The predicted molar refractivity (Wildman–Crippen MR) is 58.9 cm³/mol. The van der Waals surface area contributed by atoms with E-state index in [4.69, 9.17) is 10.5 Å². The molecule has 1 aliphatic rings. The number of nitrogens with one attached hydrogen (secondary N) is 1. The van der Waals surface area contributed by atoms with E-state index in [0.717, 1.165) is 18.6 Å². The zero-order chi connectivity index (χ0) is 8.39. The van der Waals surface area contributed by atoms with E-state index in [0.29, 0.717) is 12.5 Å². The lowest BCUT2D eigenvalue weighted by Crippen LogP contribution is -2.17. The van der Waals surface area contributed by atoms with Gasteiger partial charge in [0.2, 0.25) is 0 Å². The Kier molecular flexibility index (Phi) is 6.11. The van der Waals surface area contributed by atoms with E-state index in [1.165, 1.54) is 0 Å². The fourth-order valence-corrected chi connectivity index (χ4v) is 1.66. The van der Waals surface area contributed by atoms with Crippen molar-refractivity contribution >= 4 is 24.8 Å². The van der Waals surface area contributed by atoms with Gasteiger partial charge in [0.15, 0.2) is 0 Å². The SMILES string of the molecule is Cl.Cl.NC[C@@H]1CCO[C@H]1c1cn[nH]c1. The Bertz CT molecular complexity index is 243. The fourth-order valence-electron chi connectivity index (χ4n) is 1.66. The first-order chi connectivity index (χ1) is 5.92. The molecule has 3 N–H and O–H groups in total. The minimum Gasteiger partial charge on any atom is -0.373 e. The second-order valence-corrected chi connectivity index (χ2v) is 3.11. The maximum atomic E-state index is 5.62. The minimum absolute atomic E-state index is 0. The van der Waals surface area contributed by atoms with Gasteiger partial charge < -0.3 is 10.5 Å². The summed E-state index contributed by atoms with van der Waals surface area (Å²) in [6, 6.07) is 0. The number of nitrogens with zero attached hydrogens (tertiary/aromatic N) is 1. The van der Waals surface area contributed by atoms with Gasteiger partial charge in [-0.1, -0.05) is 0 Å². The summed E-state index contributed by atoms with van der Waals surface area (Å²) < 4.78 is 5.56. The number of aromatic nitrogens is 2. The summed E-state index contributed by atoms with van der Waals surface area (Å²) in [5, 5.41) is 6.67. The molecule has 0 aliphatic carbocycles. The van der Waals surface area contributed by atoms with Gasteiger partial charge >= 0.3 is 0 Å². The molecule has 4 nitrogen and oxygen atoms in total. The van der Waals surface area contributed by atoms with Crippen LogP contribution in [0.1, 0.15) is 18.1 Å². The van der Waals surface area contributed by atoms with Crippen LogP contribution in [0.3, 0.4) is 0 Å². The Morgan fingerprint density at radius 1 is 1.57 bits per heavy atom. The van der Waals surface area contributed by atoms with Gasteiger partial charge in [0, 0.05) is 24.3 Å². The van der Waals surface area contributed by atoms with E-state index >= 15 is 0 Å². The predicted octanol–water partition coefficient (Wildman–Crippen LogP) is 1.29. The van der Waals surface area contributed by atoms with Crippen LogP contribution in [0.15, 0.2) is 12.4 Å². The molecule has 0 unspecified atom stereocenters. The Balaban J connectivity index is 0.000000845. The summed E-state index contributed by atoms with van der Waals surface area (Å²) in [5.74, 6) is 0.461. The van der Waals surface area contributed by atoms with Gasteiger partial charge in [0.05, 0.1) is 12.3 Å². The van der Waals surface area contributed by atoms with Gasteiger partial charge in [-0.25, -0.2) is 0 Å². The van der Waals surface area contributed by atoms with Crippen molar-refractivity contribution in [2.75, 3.05) is 13.2 Å². The third-order valence-electron chi connectivity index (χ3n) is 2.36. The Hall–Kier alpha value is -0.290. The lowest BCUT2D eigenvalue weighted by Gasteiger charge is -2.14. The van der Waals surface area contributed by atoms with Crippen molar-refractivity contribution in [3.8, 4) is 0 Å². The number of H-pyrrole nitrogens is 1. The highest BCUT2D eigenvalue weighted by Gasteiger charge is 2.28. The van der Waals surface area contributed by atoms with Crippen LogP contribution in [0.4, 0.5) is 0 Å². The van der Waals surface area contributed by atoms with Crippen molar-refractivity contribution in [1.29, 1.82) is 0 Å². The first kappa shape index (κ1) is 13.7. The number of aromatic amines is 1. The van der Waals surface area contributed by atoms with Crippen LogP contribution in [0.5, 0.6) is 0 Å². The zero-order valence-electron chi connectivity index (χ0n) is 7.68. The van der Waals surface area contributed by atoms with Gasteiger partial charge in [0.1, 0.15) is 0 Å². The summed E-state index contributed by atoms with van der Waals surface area (Å²) in [5.41, 5.74) is 6.73. The standard InChI is InChI=1S/C8H13N3O.2ClH/c9-3-6-1-2-12-8(6)7-4-10-11-5-7;;/h4-6,8H,1-3,9H2,(H,10,11);2*1H/t6-,8+;;/m0../s1. The molecular formula is C8H15Cl2N3O. The van der Waals surface area contributed by atoms with E-state index < -0.39 is 0 Å². The van der Waals surface area contributed by atoms with Crippen molar-refractivity contribution in [2.45, 2.75) is 12.5 Å². The average molecular weight is 240 g/mol. The molecule has 82 valence electrons. The molecule has 2 atom stereocenters. The highest BCUT2D eigenvalue weighted by Crippen LogP contribution is 2.32. The summed E-state index contributed by atoms with van der Waals surface area (Å²) in [6.07, 6.45) is 4.90. The molecule has 0 radical (unpaired) electrons. The minimum atomic E-state index is 0. The quantitative estimate of drug-likeness (QED) is 0.818. The van der Waals surface area contributed by atoms with Gasteiger partial charge in [0.25, 0.3) is 0 Å². The van der Waals surface area contributed by atoms with Crippen molar-refractivity contribution in [3.05, 3.63) is 18.0 Å². The summed E-state index contributed by atoms with van der Waals surface area (Å²) >= 11 is 0. The smallest absolute Gasteiger partial charge is 0.0896 e. The third kappa shape index (κ3) is 2.60. The molecule has 1 fully saturated rings. The molecular weight excluding hydrogens is 225 g/mol. The lowest BCUT2D eigenvalue weighted by atomic mass is 9.98. The topological polar surface area (TPSA) is 63.9 Å². The first-order valence-electron chi connectivity index (χ1n) is 4.22. The summed E-state index contributed by atoms with van der Waals surface area (Å²) in [4.78, 5) is 0. The highest BCUT2D eigenvalue weighted by molar-refractivity contribution is 5.85. The molecule has 1 aromatic rings. The first-order valence-corrected chi connectivity index (χ1v) is 4.22. The van der Waals surface area contributed by atoms with Crippen LogP contribution < -0.4 is 5.73 Å². The number of halogens is 2. The Morgan fingerprint density at radius 2 is 2.36 bits per heavy atom. The molecule has 0 bridgehead atoms. The van der Waals surface area contributed by atoms with Crippen LogP contribution >= 0.6 is 24.8 Å². The van der Waals surface area contributed by atoms with Crippen LogP contribution in [0, 0.1) is 5.92 Å². The number of ether oxygens (including phenoxy) is 1. The van der Waals surface area contributed by atoms with Gasteiger partial charge in [-0.3, -0.25) is 5.10 Å². The van der Waals surface area contributed by atoms with Crippen molar-refractivity contribution < 1.29 is 4.74 Å². The Labute approximate surface area is 95.4 Å². The fraction of sp³-hybridized carbons (Fsp3) is 0.625. The summed E-state index contributed by atoms with van der Waals surface area (Å²) in [7, 11) is 0. The van der Waals surface area contributed by atoms with Crippen molar-refractivity contribution in [1.82, 2.24) is 10.2 Å². The molecule has 0 aromatic carbocycles. The molecule has 2 rings (SSSR count). The van der Waals surface area contributed by atoms with Gasteiger partial charge in [-0.15, -0.1) is 24.8 Å². The number of hydrogen-bond donors (Lipinski definition) is 2. The van der Waals surface area contributed by atoms with Crippen LogP contribution in [-0.2, 0) is 4.74 Å². The van der Waals surface area contributed by atoms with Gasteiger partial charge in [-0.2, -0.15) is 5.10 Å². The van der Waals surface area contributed by atoms with Crippen LogP contribution in [0.2, 0.25) is 0 Å². The Morgan fingerprint density at radius 3 is 2.93 bits per heavy atom. The molecule has 1 saturated heterocycles. The number of rotatable bonds is 2. The normalized spacial score (nSPS) is 25.2. The maximum absolute atomic E-state index is 5.62. The monoisotopic (exact) mass is 239 g/mol. The van der Waals surface area contributed by atoms with Crippen LogP contribution in [0.25, 0.3) is 0 Å². The molecule has 6 heteroatoms. The zero-order valence-corrected chi connectivity index (χ0v) is 9.31. The summed E-state index contributed by atoms with van der Waals surface area (Å²) in [6.45, 7) is 1.51. The van der Waals surface area contributed by atoms with E-state index in [1.807, 2.05) is 6.20 Å². The van der Waals surface area contributed by atoms with E-state index in [1.54, 1.807) is 6.20 Å². The third-order valence-corrected chi connectivity index (χ3v) is 2.36. The van der Waals surface area contributed by atoms with Gasteiger partial charge in [-0.05, 0) is 13.0 Å². The molecule has 0 spiro atoms. The molecule has 0 amide bonds. The number of hydrogen-bond acceptors (Lipinski definition) is 3.